The summed E-state index contributed by atoms with van der Waals surface area (Å²) in [6.45, 7) is 11.0. The third-order valence-electron chi connectivity index (χ3n) is 2.44. The fourth-order valence-electron chi connectivity index (χ4n) is 1.49. The van der Waals surface area contributed by atoms with Crippen LogP contribution in [0.25, 0.3) is 0 Å². The second kappa shape index (κ2) is 8.32. The fraction of sp³-hybridized carbons (Fsp3) is 0.438. The molecular formula is C16H24N2O3. The quantitative estimate of drug-likeness (QED) is 0.759. The van der Waals surface area contributed by atoms with Gasteiger partial charge >= 0.3 is 6.09 Å². The van der Waals surface area contributed by atoms with Crippen LogP contribution < -0.4 is 10.6 Å². The monoisotopic (exact) mass is 292 g/mol. The molecule has 0 heterocycles. The number of nitrogens with one attached hydrogen (secondary N) is 2. The highest BCUT2D eigenvalue weighted by Crippen LogP contribution is 2.05. The van der Waals surface area contributed by atoms with Gasteiger partial charge in [-0.1, -0.05) is 36.9 Å². The molecule has 5 nitrogen and oxygen atoms in total. The number of carbonyl (C=O) groups excluding carboxylic acids is 1. The van der Waals surface area contributed by atoms with Gasteiger partial charge in [-0.05, 0) is 26.3 Å². The van der Waals surface area contributed by atoms with Crippen molar-refractivity contribution in [1.82, 2.24) is 10.6 Å². The Morgan fingerprint density at radius 2 is 1.90 bits per heavy atom. The largest absolute Gasteiger partial charge is 0.444 e. The second-order valence-corrected chi connectivity index (χ2v) is 5.55. The molecule has 21 heavy (non-hydrogen) atoms. The van der Waals surface area contributed by atoms with E-state index in [1.165, 1.54) is 0 Å². The number of ether oxygens (including phenoxy) is 2. The van der Waals surface area contributed by atoms with Gasteiger partial charge in [-0.15, -0.1) is 0 Å². The van der Waals surface area contributed by atoms with Crippen LogP contribution in [-0.2, 0) is 16.1 Å². The van der Waals surface area contributed by atoms with Gasteiger partial charge in [0.05, 0.1) is 12.2 Å². The van der Waals surface area contributed by atoms with E-state index in [1.807, 2.05) is 51.1 Å². The van der Waals surface area contributed by atoms with E-state index in [0.717, 1.165) is 5.56 Å². The summed E-state index contributed by atoms with van der Waals surface area (Å²) in [5, 5.41) is 5.48. The van der Waals surface area contributed by atoms with Gasteiger partial charge in [0, 0.05) is 6.54 Å². The maximum Gasteiger partial charge on any atom is 0.413 e. The molecule has 1 aromatic carbocycles. The number of hydrogen-bond donors (Lipinski definition) is 2. The third kappa shape index (κ3) is 8.70. The summed E-state index contributed by atoms with van der Waals surface area (Å²) in [7, 11) is 0. The lowest BCUT2D eigenvalue weighted by Gasteiger charge is -2.20. The first-order valence-electron chi connectivity index (χ1n) is 6.91. The maximum absolute atomic E-state index is 11.6. The van der Waals surface area contributed by atoms with E-state index in [4.69, 9.17) is 9.47 Å². The first-order chi connectivity index (χ1) is 9.87. The average Bonchev–Trinajstić information content (AvgIpc) is 2.41. The lowest BCUT2D eigenvalue weighted by atomic mass is 10.2. The number of amides is 1. The molecule has 5 heteroatoms. The average molecular weight is 292 g/mol. The Labute approximate surface area is 126 Å². The fourth-order valence-corrected chi connectivity index (χ4v) is 1.49. The van der Waals surface area contributed by atoms with E-state index < -0.39 is 6.09 Å². The molecule has 0 atom stereocenters. The highest BCUT2D eigenvalue weighted by atomic mass is 16.5. The Kier molecular flexibility index (Phi) is 6.75. The van der Waals surface area contributed by atoms with E-state index >= 15 is 0 Å². The lowest BCUT2D eigenvalue weighted by molar-refractivity contribution is -0.000230. The number of rotatable bonds is 7. The zero-order valence-electron chi connectivity index (χ0n) is 12.9. The van der Waals surface area contributed by atoms with E-state index in [9.17, 15) is 4.79 Å². The van der Waals surface area contributed by atoms with Crippen molar-refractivity contribution < 1.29 is 14.3 Å². The van der Waals surface area contributed by atoms with Crippen molar-refractivity contribution >= 4 is 6.09 Å². The van der Waals surface area contributed by atoms with Crippen LogP contribution in [0.2, 0.25) is 0 Å². The van der Waals surface area contributed by atoms with Crippen molar-refractivity contribution in [2.75, 3.05) is 13.2 Å². The molecule has 0 aliphatic heterocycles. The van der Waals surface area contributed by atoms with E-state index in [0.29, 0.717) is 19.0 Å². The van der Waals surface area contributed by atoms with Gasteiger partial charge in [-0.2, -0.15) is 0 Å². The van der Waals surface area contributed by atoms with Gasteiger partial charge in [0.1, 0.15) is 12.4 Å². The van der Waals surface area contributed by atoms with Crippen LogP contribution in [0, 0.1) is 0 Å². The van der Waals surface area contributed by atoms with Crippen LogP contribution in [0.4, 0.5) is 4.79 Å². The molecule has 0 aliphatic rings. The molecule has 0 fully saturated rings. The Morgan fingerprint density at radius 3 is 2.52 bits per heavy atom. The van der Waals surface area contributed by atoms with Crippen LogP contribution in [-0.4, -0.2) is 24.8 Å². The smallest absolute Gasteiger partial charge is 0.413 e. The van der Waals surface area contributed by atoms with Crippen molar-refractivity contribution in [3.63, 3.8) is 0 Å². The van der Waals surface area contributed by atoms with Crippen molar-refractivity contribution in [2.24, 2.45) is 0 Å². The minimum Gasteiger partial charge on any atom is -0.444 e. The molecule has 0 spiro atoms. The molecule has 0 saturated heterocycles. The van der Waals surface area contributed by atoms with Crippen LogP contribution >= 0.6 is 0 Å². The highest BCUT2D eigenvalue weighted by Gasteiger charge is 2.09. The van der Waals surface area contributed by atoms with E-state index in [2.05, 4.69) is 17.2 Å². The molecule has 0 saturated carbocycles. The van der Waals surface area contributed by atoms with Gasteiger partial charge < -0.3 is 14.8 Å². The van der Waals surface area contributed by atoms with Crippen molar-refractivity contribution in [2.45, 2.75) is 33.0 Å². The van der Waals surface area contributed by atoms with E-state index in [-0.39, 0.29) is 12.2 Å². The van der Waals surface area contributed by atoms with Crippen molar-refractivity contribution in [3.8, 4) is 0 Å². The minimum atomic E-state index is -0.534. The molecule has 0 radical (unpaired) electrons. The molecule has 0 unspecified atom stereocenters. The molecule has 2 N–H and O–H groups in total. The molecule has 1 rings (SSSR count). The topological polar surface area (TPSA) is 59.6 Å². The molecule has 116 valence electrons. The number of carbonyl (C=O) groups is 1. The normalized spacial score (nSPS) is 10.8. The summed E-state index contributed by atoms with van der Waals surface area (Å²) in [5.41, 5.74) is 0.759. The summed E-state index contributed by atoms with van der Waals surface area (Å²) in [6, 6.07) is 9.49. The highest BCUT2D eigenvalue weighted by molar-refractivity contribution is 5.69. The first kappa shape index (κ1) is 17.0. The minimum absolute atomic E-state index is 0.176. The maximum atomic E-state index is 11.6. The first-order valence-corrected chi connectivity index (χ1v) is 6.91. The second-order valence-electron chi connectivity index (χ2n) is 5.55. The molecule has 0 aromatic heterocycles. The molecule has 1 amide bonds. The summed E-state index contributed by atoms with van der Waals surface area (Å²) in [4.78, 5) is 11.6. The zero-order chi connectivity index (χ0) is 15.7. The Morgan fingerprint density at radius 1 is 1.24 bits per heavy atom. The molecule has 1 aromatic rings. The van der Waals surface area contributed by atoms with Crippen LogP contribution in [0.1, 0.15) is 26.3 Å². The van der Waals surface area contributed by atoms with Gasteiger partial charge in [0.25, 0.3) is 0 Å². The van der Waals surface area contributed by atoms with Gasteiger partial charge in [-0.3, -0.25) is 5.32 Å². The van der Waals surface area contributed by atoms with Gasteiger partial charge in [0.15, 0.2) is 0 Å². The third-order valence-corrected chi connectivity index (χ3v) is 2.44. The predicted molar refractivity (Wildman–Crippen MR) is 82.6 cm³/mol. The van der Waals surface area contributed by atoms with Gasteiger partial charge in [0.2, 0.25) is 0 Å². The van der Waals surface area contributed by atoms with Crippen molar-refractivity contribution in [3.05, 3.63) is 48.3 Å². The summed E-state index contributed by atoms with van der Waals surface area (Å²) >= 11 is 0. The Hall–Kier alpha value is -2.01. The summed E-state index contributed by atoms with van der Waals surface area (Å²) in [5.74, 6) is 0.394. The van der Waals surface area contributed by atoms with Crippen LogP contribution in [0.3, 0.4) is 0 Å². The molecule has 0 aliphatic carbocycles. The molecule has 0 bridgehead atoms. The number of benzene rings is 1. The number of hydrogen-bond acceptors (Lipinski definition) is 4. The SMILES string of the molecule is C=C(NCCOC(C)(C)C)NC(=O)OCc1ccccc1. The Bertz CT molecular complexity index is 452. The Balaban J connectivity index is 2.15. The van der Waals surface area contributed by atoms with Crippen LogP contribution in [0.15, 0.2) is 42.7 Å². The summed E-state index contributed by atoms with van der Waals surface area (Å²) in [6.07, 6.45) is -0.534. The zero-order valence-corrected chi connectivity index (χ0v) is 12.9. The van der Waals surface area contributed by atoms with Crippen molar-refractivity contribution in [1.29, 1.82) is 0 Å². The number of alkyl carbamates (subject to hydrolysis) is 1. The van der Waals surface area contributed by atoms with E-state index in [1.54, 1.807) is 0 Å². The molecular weight excluding hydrogens is 268 g/mol. The van der Waals surface area contributed by atoms with Crippen LogP contribution in [0.5, 0.6) is 0 Å². The predicted octanol–water partition coefficient (Wildman–Crippen LogP) is 2.79. The standard InChI is InChI=1S/C16H24N2O3/c1-13(17-10-11-21-16(2,3)4)18-15(19)20-12-14-8-6-5-7-9-14/h5-9,17H,1,10-12H2,2-4H3,(H,18,19). The lowest BCUT2D eigenvalue weighted by Crippen LogP contribution is -2.34. The van der Waals surface area contributed by atoms with Gasteiger partial charge in [-0.25, -0.2) is 4.79 Å². The summed E-state index contributed by atoms with van der Waals surface area (Å²) < 4.78 is 10.6.